The summed E-state index contributed by atoms with van der Waals surface area (Å²) in [7, 11) is 0. The van der Waals surface area contributed by atoms with E-state index in [4.69, 9.17) is 13.6 Å². The van der Waals surface area contributed by atoms with Gasteiger partial charge in [0.15, 0.2) is 0 Å². The molecule has 0 bridgehead atoms. The molecule has 0 aliphatic carbocycles. The van der Waals surface area contributed by atoms with Crippen molar-refractivity contribution < 1.29 is 18.4 Å². The number of carbonyl (C=O) groups excluding carboxylic acids is 1. The second-order valence-corrected chi connectivity index (χ2v) is 4.32. The molecule has 0 atom stereocenters. The van der Waals surface area contributed by atoms with Gasteiger partial charge in [0.2, 0.25) is 0 Å². The molecule has 96 valence electrons. The lowest BCUT2D eigenvalue weighted by atomic mass is 10.5. The third-order valence-electron chi connectivity index (χ3n) is 1.99. The van der Waals surface area contributed by atoms with E-state index in [2.05, 4.69) is 10.2 Å². The van der Waals surface area contributed by atoms with Crippen LogP contribution in [0.4, 0.5) is 0 Å². The number of hydrogen-bond donors (Lipinski definition) is 0. The van der Waals surface area contributed by atoms with Crippen molar-refractivity contribution in [1.82, 2.24) is 10.2 Å². The number of hydrogen-bond acceptors (Lipinski definition) is 7. The number of esters is 1. The maximum Gasteiger partial charge on any atom is 0.396 e. The zero-order chi connectivity index (χ0) is 13.0. The highest BCUT2D eigenvalue weighted by Crippen LogP contribution is 2.22. The average molecular weight is 268 g/mol. The maximum atomic E-state index is 11.3. The van der Waals surface area contributed by atoms with Gasteiger partial charge < -0.3 is 13.6 Å². The molecule has 2 rings (SSSR count). The Hall–Kier alpha value is -1.76. The van der Waals surface area contributed by atoms with Gasteiger partial charge in [-0.25, -0.2) is 4.79 Å². The van der Waals surface area contributed by atoms with Crippen LogP contribution in [0.1, 0.15) is 29.1 Å². The van der Waals surface area contributed by atoms with Crippen molar-refractivity contribution in [3.63, 3.8) is 0 Å². The number of aromatic nitrogens is 2. The van der Waals surface area contributed by atoms with Crippen LogP contribution in [0.3, 0.4) is 0 Å². The molecule has 18 heavy (non-hydrogen) atoms. The van der Waals surface area contributed by atoms with Crippen molar-refractivity contribution in [2.45, 2.75) is 24.8 Å². The van der Waals surface area contributed by atoms with E-state index < -0.39 is 5.97 Å². The summed E-state index contributed by atoms with van der Waals surface area (Å²) in [5, 5.41) is 7.67. The fourth-order valence-corrected chi connectivity index (χ4v) is 1.90. The van der Waals surface area contributed by atoms with Crippen molar-refractivity contribution in [3.8, 4) is 0 Å². The topological polar surface area (TPSA) is 78.4 Å². The molecule has 0 aliphatic rings. The monoisotopic (exact) mass is 268 g/mol. The van der Waals surface area contributed by atoms with Crippen LogP contribution in [-0.2, 0) is 10.5 Å². The third-order valence-corrected chi connectivity index (χ3v) is 2.83. The standard InChI is InChI=1S/C11H12N2O4S/c1-3-15-10(14)9-12-13-11(17-9)18-6-8-5-4-7(2)16-8/h4-5H,3,6H2,1-2H3. The molecular formula is C11H12N2O4S. The first-order valence-corrected chi connectivity index (χ1v) is 6.36. The normalized spacial score (nSPS) is 10.6. The molecule has 2 aromatic heterocycles. The van der Waals surface area contributed by atoms with E-state index in [0.29, 0.717) is 11.0 Å². The quantitative estimate of drug-likeness (QED) is 0.608. The Morgan fingerprint density at radius 3 is 2.89 bits per heavy atom. The molecule has 0 unspecified atom stereocenters. The van der Waals surface area contributed by atoms with Gasteiger partial charge in [-0.1, -0.05) is 16.9 Å². The zero-order valence-corrected chi connectivity index (χ0v) is 10.8. The van der Waals surface area contributed by atoms with Crippen molar-refractivity contribution in [2.24, 2.45) is 0 Å². The van der Waals surface area contributed by atoms with Gasteiger partial charge in [0.25, 0.3) is 5.22 Å². The minimum atomic E-state index is -0.606. The Labute approximate surface area is 108 Å². The summed E-state index contributed by atoms with van der Waals surface area (Å²) in [6.07, 6.45) is 0. The van der Waals surface area contributed by atoms with Gasteiger partial charge in [0.05, 0.1) is 12.4 Å². The fourth-order valence-electron chi connectivity index (χ4n) is 1.24. The van der Waals surface area contributed by atoms with E-state index in [0.717, 1.165) is 11.5 Å². The Morgan fingerprint density at radius 2 is 2.22 bits per heavy atom. The number of aryl methyl sites for hydroxylation is 1. The first kappa shape index (κ1) is 12.7. The largest absolute Gasteiger partial charge is 0.465 e. The Kier molecular flexibility index (Phi) is 4.03. The summed E-state index contributed by atoms with van der Waals surface area (Å²) in [5.41, 5.74) is 0. The Bertz CT molecular complexity index is 535. The lowest BCUT2D eigenvalue weighted by Crippen LogP contribution is -2.04. The second-order valence-electron chi connectivity index (χ2n) is 3.39. The SMILES string of the molecule is CCOC(=O)c1nnc(SCc2ccc(C)o2)o1. The van der Waals surface area contributed by atoms with E-state index >= 15 is 0 Å². The van der Waals surface area contributed by atoms with Crippen LogP contribution in [0, 0.1) is 6.92 Å². The van der Waals surface area contributed by atoms with Gasteiger partial charge >= 0.3 is 11.9 Å². The van der Waals surface area contributed by atoms with E-state index in [-0.39, 0.29) is 12.5 Å². The van der Waals surface area contributed by atoms with Crippen LogP contribution in [0.2, 0.25) is 0 Å². The molecule has 0 N–H and O–H groups in total. The van der Waals surface area contributed by atoms with Crippen LogP contribution in [-0.4, -0.2) is 22.8 Å². The average Bonchev–Trinajstić information content (AvgIpc) is 2.95. The predicted molar refractivity (Wildman–Crippen MR) is 63.3 cm³/mol. The van der Waals surface area contributed by atoms with Crippen molar-refractivity contribution in [2.75, 3.05) is 6.61 Å². The smallest absolute Gasteiger partial charge is 0.396 e. The molecule has 0 amide bonds. The number of thioether (sulfide) groups is 1. The van der Waals surface area contributed by atoms with E-state index in [1.165, 1.54) is 11.8 Å². The van der Waals surface area contributed by atoms with Crippen molar-refractivity contribution in [1.29, 1.82) is 0 Å². The van der Waals surface area contributed by atoms with Gasteiger partial charge in [-0.2, -0.15) is 0 Å². The number of ether oxygens (including phenoxy) is 1. The van der Waals surface area contributed by atoms with E-state index in [9.17, 15) is 4.79 Å². The molecule has 0 aliphatic heterocycles. The fraction of sp³-hybridized carbons (Fsp3) is 0.364. The predicted octanol–water partition coefficient (Wildman–Crippen LogP) is 2.44. The molecular weight excluding hydrogens is 256 g/mol. The summed E-state index contributed by atoms with van der Waals surface area (Å²) >= 11 is 1.30. The molecule has 0 spiro atoms. The van der Waals surface area contributed by atoms with Gasteiger partial charge in [-0.3, -0.25) is 0 Å². The van der Waals surface area contributed by atoms with Crippen LogP contribution < -0.4 is 0 Å². The van der Waals surface area contributed by atoms with Crippen LogP contribution in [0.15, 0.2) is 26.2 Å². The molecule has 0 radical (unpaired) electrons. The molecule has 2 heterocycles. The van der Waals surface area contributed by atoms with E-state index in [1.54, 1.807) is 6.92 Å². The minimum Gasteiger partial charge on any atom is -0.465 e. The van der Waals surface area contributed by atoms with Crippen molar-refractivity contribution >= 4 is 17.7 Å². The van der Waals surface area contributed by atoms with Gasteiger partial charge in [-0.05, 0) is 26.0 Å². The second kappa shape index (κ2) is 5.72. The van der Waals surface area contributed by atoms with E-state index in [1.807, 2.05) is 19.1 Å². The summed E-state index contributed by atoms with van der Waals surface area (Å²) in [5.74, 6) is 1.50. The van der Waals surface area contributed by atoms with Gasteiger partial charge in [0, 0.05) is 0 Å². The number of rotatable bonds is 5. The molecule has 0 saturated carbocycles. The van der Waals surface area contributed by atoms with Gasteiger partial charge in [0.1, 0.15) is 11.5 Å². The molecule has 6 nitrogen and oxygen atoms in total. The Morgan fingerprint density at radius 1 is 1.39 bits per heavy atom. The first-order chi connectivity index (χ1) is 8.69. The van der Waals surface area contributed by atoms with Crippen molar-refractivity contribution in [3.05, 3.63) is 29.5 Å². The molecule has 7 heteroatoms. The van der Waals surface area contributed by atoms with Crippen LogP contribution >= 0.6 is 11.8 Å². The minimum absolute atomic E-state index is 0.130. The number of furan rings is 1. The molecule has 0 saturated heterocycles. The Balaban J connectivity index is 1.92. The lowest BCUT2D eigenvalue weighted by Gasteiger charge is -1.94. The lowest BCUT2D eigenvalue weighted by molar-refractivity contribution is 0.0475. The number of nitrogens with zero attached hydrogens (tertiary/aromatic N) is 2. The summed E-state index contributed by atoms with van der Waals surface area (Å²) in [6.45, 7) is 3.86. The number of carbonyl (C=O) groups is 1. The highest BCUT2D eigenvalue weighted by Gasteiger charge is 2.16. The molecule has 2 aromatic rings. The maximum absolute atomic E-state index is 11.3. The van der Waals surface area contributed by atoms with Gasteiger partial charge in [-0.15, -0.1) is 5.10 Å². The third kappa shape index (κ3) is 3.13. The molecule has 0 aromatic carbocycles. The summed E-state index contributed by atoms with van der Waals surface area (Å²) in [4.78, 5) is 11.3. The highest BCUT2D eigenvalue weighted by atomic mass is 32.2. The molecule has 0 fully saturated rings. The summed E-state index contributed by atoms with van der Waals surface area (Å²) < 4.78 is 15.3. The summed E-state index contributed by atoms with van der Waals surface area (Å²) in [6, 6.07) is 3.76. The first-order valence-electron chi connectivity index (χ1n) is 5.37. The zero-order valence-electron chi connectivity index (χ0n) is 10.0. The van der Waals surface area contributed by atoms with Crippen LogP contribution in [0.5, 0.6) is 0 Å². The highest BCUT2D eigenvalue weighted by molar-refractivity contribution is 7.98. The van der Waals surface area contributed by atoms with Crippen LogP contribution in [0.25, 0.3) is 0 Å².